The fraction of sp³-hybridized carbons (Fsp3) is 0.429. The average Bonchev–Trinajstić information content (AvgIpc) is 3.20. The predicted octanol–water partition coefficient (Wildman–Crippen LogP) is -0.634. The normalized spacial score (nSPS) is 28.1. The molecule has 0 aromatic carbocycles. The standard InChI is InChI=1S/C14H16N2O6/c17-10-6-11(18)16(12(10)19)13-8(3-5-21-13)7-22-14(20)9-2-1-4-15-9/h1-4,10-11,13,15,17-18H,5-7H2/t10-,11+,13+/m1/s1. The Kier molecular flexibility index (Phi) is 3.97. The molecule has 2 aliphatic rings. The number of hydrogen-bond donors (Lipinski definition) is 3. The molecule has 0 bridgehead atoms. The highest BCUT2D eigenvalue weighted by molar-refractivity contribution is 5.87. The monoisotopic (exact) mass is 308 g/mol. The molecule has 1 saturated heterocycles. The van der Waals surface area contributed by atoms with E-state index >= 15 is 0 Å². The van der Waals surface area contributed by atoms with Gasteiger partial charge >= 0.3 is 5.97 Å². The van der Waals surface area contributed by atoms with E-state index in [9.17, 15) is 19.8 Å². The van der Waals surface area contributed by atoms with Crippen LogP contribution in [0.2, 0.25) is 0 Å². The van der Waals surface area contributed by atoms with Crippen LogP contribution in [-0.4, -0.2) is 63.7 Å². The van der Waals surface area contributed by atoms with Gasteiger partial charge in [-0.05, 0) is 12.1 Å². The molecule has 0 spiro atoms. The summed E-state index contributed by atoms with van der Waals surface area (Å²) in [5, 5.41) is 19.4. The van der Waals surface area contributed by atoms with Gasteiger partial charge in [-0.2, -0.15) is 0 Å². The number of hydrogen-bond acceptors (Lipinski definition) is 6. The Morgan fingerprint density at radius 1 is 1.50 bits per heavy atom. The minimum atomic E-state index is -1.23. The van der Waals surface area contributed by atoms with Gasteiger partial charge in [-0.1, -0.05) is 6.08 Å². The summed E-state index contributed by atoms with van der Waals surface area (Å²) in [4.78, 5) is 27.5. The lowest BCUT2D eigenvalue weighted by Crippen LogP contribution is -2.44. The first-order valence-electron chi connectivity index (χ1n) is 6.87. The second kappa shape index (κ2) is 5.91. The van der Waals surface area contributed by atoms with E-state index < -0.39 is 30.4 Å². The van der Waals surface area contributed by atoms with Gasteiger partial charge in [-0.15, -0.1) is 0 Å². The van der Waals surface area contributed by atoms with E-state index in [0.717, 1.165) is 4.90 Å². The fourth-order valence-electron chi connectivity index (χ4n) is 2.53. The minimum absolute atomic E-state index is 0.0604. The van der Waals surface area contributed by atoms with Crippen molar-refractivity contribution in [1.82, 2.24) is 9.88 Å². The summed E-state index contributed by atoms with van der Waals surface area (Å²) >= 11 is 0. The van der Waals surface area contributed by atoms with Crippen LogP contribution in [0.1, 0.15) is 16.9 Å². The lowest BCUT2D eigenvalue weighted by Gasteiger charge is -2.28. The molecule has 8 heteroatoms. The van der Waals surface area contributed by atoms with Crippen LogP contribution in [0.4, 0.5) is 0 Å². The molecule has 8 nitrogen and oxygen atoms in total. The zero-order chi connectivity index (χ0) is 15.7. The second-order valence-corrected chi connectivity index (χ2v) is 5.10. The summed E-state index contributed by atoms with van der Waals surface area (Å²) in [6.45, 7) is 0.182. The first-order chi connectivity index (χ1) is 10.6. The quantitative estimate of drug-likeness (QED) is 0.504. The van der Waals surface area contributed by atoms with Crippen molar-refractivity contribution >= 4 is 11.9 Å². The molecular weight excluding hydrogens is 292 g/mol. The lowest BCUT2D eigenvalue weighted by atomic mass is 10.2. The number of nitrogens with one attached hydrogen (secondary N) is 1. The number of H-pyrrole nitrogens is 1. The molecule has 1 aromatic heterocycles. The van der Waals surface area contributed by atoms with E-state index in [-0.39, 0.29) is 19.6 Å². The highest BCUT2D eigenvalue weighted by atomic mass is 16.5. The number of amides is 1. The maximum Gasteiger partial charge on any atom is 0.355 e. The summed E-state index contributed by atoms with van der Waals surface area (Å²) in [6.07, 6.45) is 0.0648. The zero-order valence-corrected chi connectivity index (χ0v) is 11.6. The Labute approximate surface area is 125 Å². The van der Waals surface area contributed by atoms with Gasteiger partial charge in [-0.25, -0.2) is 4.79 Å². The molecule has 2 aliphatic heterocycles. The predicted molar refractivity (Wildman–Crippen MR) is 72.4 cm³/mol. The van der Waals surface area contributed by atoms with E-state index in [1.807, 2.05) is 0 Å². The number of likely N-dealkylation sites (tertiary alicyclic amines) is 1. The summed E-state index contributed by atoms with van der Waals surface area (Å²) in [5.41, 5.74) is 0.880. The van der Waals surface area contributed by atoms with E-state index in [1.165, 1.54) is 0 Å². The number of rotatable bonds is 4. The van der Waals surface area contributed by atoms with Crippen molar-refractivity contribution in [2.75, 3.05) is 13.2 Å². The number of carbonyl (C=O) groups excluding carboxylic acids is 2. The molecule has 1 aromatic rings. The fourth-order valence-corrected chi connectivity index (χ4v) is 2.53. The van der Waals surface area contributed by atoms with E-state index in [0.29, 0.717) is 11.3 Å². The molecule has 118 valence electrons. The van der Waals surface area contributed by atoms with E-state index in [4.69, 9.17) is 9.47 Å². The van der Waals surface area contributed by atoms with Crippen molar-refractivity contribution in [2.45, 2.75) is 25.0 Å². The number of aromatic nitrogens is 1. The third-order valence-electron chi connectivity index (χ3n) is 3.65. The number of ether oxygens (including phenoxy) is 2. The SMILES string of the molecule is O=C(OCC1=CCO[C@@H]1N1C(=O)[C@H](O)C[C@@H]1O)c1ccc[nH]1. The van der Waals surface area contributed by atoms with Gasteiger partial charge < -0.3 is 24.7 Å². The molecule has 22 heavy (non-hydrogen) atoms. The molecule has 3 N–H and O–H groups in total. The van der Waals surface area contributed by atoms with Crippen molar-refractivity contribution < 1.29 is 29.3 Å². The Morgan fingerprint density at radius 2 is 2.32 bits per heavy atom. The Bertz CT molecular complexity index is 596. The second-order valence-electron chi connectivity index (χ2n) is 5.10. The first-order valence-corrected chi connectivity index (χ1v) is 6.87. The van der Waals surface area contributed by atoms with Gasteiger partial charge in [0.2, 0.25) is 0 Å². The molecule has 0 unspecified atom stereocenters. The number of aromatic amines is 1. The van der Waals surface area contributed by atoms with Crippen molar-refractivity contribution in [3.63, 3.8) is 0 Å². The van der Waals surface area contributed by atoms with Gasteiger partial charge in [-0.3, -0.25) is 9.69 Å². The molecule has 1 fully saturated rings. The van der Waals surface area contributed by atoms with Gasteiger partial charge in [0.1, 0.15) is 24.6 Å². The number of carbonyl (C=O) groups is 2. The number of nitrogens with zero attached hydrogens (tertiary/aromatic N) is 1. The summed E-state index contributed by atoms with van der Waals surface area (Å²) in [6, 6.07) is 3.27. The smallest absolute Gasteiger partial charge is 0.355 e. The summed E-state index contributed by atoms with van der Waals surface area (Å²) in [5.74, 6) is -1.12. The third-order valence-corrected chi connectivity index (χ3v) is 3.65. The maximum absolute atomic E-state index is 11.9. The molecule has 0 saturated carbocycles. The van der Waals surface area contributed by atoms with E-state index in [1.54, 1.807) is 24.4 Å². The van der Waals surface area contributed by atoms with Crippen LogP contribution in [0, 0.1) is 0 Å². The zero-order valence-electron chi connectivity index (χ0n) is 11.6. The Balaban J connectivity index is 1.64. The molecule has 3 rings (SSSR count). The maximum atomic E-state index is 11.9. The van der Waals surface area contributed by atoms with Crippen LogP contribution < -0.4 is 0 Å². The topological polar surface area (TPSA) is 112 Å². The van der Waals surface area contributed by atoms with E-state index in [2.05, 4.69) is 4.98 Å². The van der Waals surface area contributed by atoms with Gasteiger partial charge in [0.15, 0.2) is 6.23 Å². The van der Waals surface area contributed by atoms with Gasteiger partial charge in [0.25, 0.3) is 5.91 Å². The number of esters is 1. The van der Waals surface area contributed by atoms with Crippen LogP contribution in [0.3, 0.4) is 0 Å². The van der Waals surface area contributed by atoms with Crippen molar-refractivity contribution in [2.24, 2.45) is 0 Å². The largest absolute Gasteiger partial charge is 0.456 e. The summed E-state index contributed by atoms with van der Waals surface area (Å²) < 4.78 is 10.6. The van der Waals surface area contributed by atoms with Crippen LogP contribution in [0.15, 0.2) is 30.0 Å². The minimum Gasteiger partial charge on any atom is -0.456 e. The Morgan fingerprint density at radius 3 is 2.95 bits per heavy atom. The molecule has 3 atom stereocenters. The van der Waals surface area contributed by atoms with Crippen molar-refractivity contribution in [1.29, 1.82) is 0 Å². The van der Waals surface area contributed by atoms with Gasteiger partial charge in [0, 0.05) is 18.2 Å². The van der Waals surface area contributed by atoms with Crippen LogP contribution in [-0.2, 0) is 14.3 Å². The average molecular weight is 308 g/mol. The molecular formula is C14H16N2O6. The lowest BCUT2D eigenvalue weighted by molar-refractivity contribution is -0.152. The Hall–Kier alpha value is -2.16. The molecule has 0 radical (unpaired) electrons. The van der Waals surface area contributed by atoms with Gasteiger partial charge in [0.05, 0.1) is 6.61 Å². The highest BCUT2D eigenvalue weighted by Gasteiger charge is 2.44. The molecule has 1 amide bonds. The van der Waals surface area contributed by atoms with Crippen LogP contribution in [0.5, 0.6) is 0 Å². The van der Waals surface area contributed by atoms with Crippen LogP contribution >= 0.6 is 0 Å². The molecule has 3 heterocycles. The highest BCUT2D eigenvalue weighted by Crippen LogP contribution is 2.27. The third kappa shape index (κ3) is 2.63. The van der Waals surface area contributed by atoms with Crippen LogP contribution in [0.25, 0.3) is 0 Å². The summed E-state index contributed by atoms with van der Waals surface area (Å²) in [7, 11) is 0. The number of aliphatic hydroxyl groups excluding tert-OH is 2. The first kappa shape index (κ1) is 14.8. The van der Waals surface area contributed by atoms with Crippen molar-refractivity contribution in [3.8, 4) is 0 Å². The van der Waals surface area contributed by atoms with Crippen molar-refractivity contribution in [3.05, 3.63) is 35.7 Å². The molecule has 0 aliphatic carbocycles. The number of aliphatic hydroxyl groups is 2.